The summed E-state index contributed by atoms with van der Waals surface area (Å²) in [5, 5.41) is 5.32. The topological polar surface area (TPSA) is 71.3 Å². The lowest BCUT2D eigenvalue weighted by Gasteiger charge is -2.11. The second-order valence-corrected chi connectivity index (χ2v) is 7.34. The van der Waals surface area contributed by atoms with E-state index in [0.717, 1.165) is 6.42 Å². The minimum atomic E-state index is -3.50. The normalized spacial score (nSPS) is 13.5. The zero-order chi connectivity index (χ0) is 14.6. The Bertz CT molecular complexity index is 632. The highest BCUT2D eigenvalue weighted by atomic mass is 32.2. The molecular formula is C13H18N2O3S2. The number of thiophene rings is 1. The predicted molar refractivity (Wildman–Crippen MR) is 79.3 cm³/mol. The van der Waals surface area contributed by atoms with E-state index in [1.165, 1.54) is 18.0 Å². The molecule has 20 heavy (non-hydrogen) atoms. The number of sulfonamides is 1. The summed E-state index contributed by atoms with van der Waals surface area (Å²) < 4.78 is 30.6. The Kier molecular flexibility index (Phi) is 4.98. The van der Waals surface area contributed by atoms with E-state index in [4.69, 9.17) is 4.42 Å². The number of nitrogens with one attached hydrogen (secondary N) is 2. The second-order valence-electron chi connectivity index (χ2n) is 4.49. The Hall–Kier alpha value is -1.15. The molecule has 1 atom stereocenters. The van der Waals surface area contributed by atoms with E-state index in [1.807, 2.05) is 6.07 Å². The summed E-state index contributed by atoms with van der Waals surface area (Å²) in [6.07, 6.45) is 0.944. The third-order valence-corrected chi connectivity index (χ3v) is 5.07. The van der Waals surface area contributed by atoms with Crippen molar-refractivity contribution in [3.05, 3.63) is 40.3 Å². The van der Waals surface area contributed by atoms with Gasteiger partial charge in [-0.25, -0.2) is 13.1 Å². The predicted octanol–water partition coefficient (Wildman–Crippen LogP) is 1.97. The zero-order valence-corrected chi connectivity index (χ0v) is 13.1. The van der Waals surface area contributed by atoms with Crippen LogP contribution in [0.2, 0.25) is 0 Å². The van der Waals surface area contributed by atoms with Gasteiger partial charge < -0.3 is 9.73 Å². The number of hydrogen-bond donors (Lipinski definition) is 2. The maximum absolute atomic E-state index is 11.5. The molecule has 0 aliphatic rings. The summed E-state index contributed by atoms with van der Waals surface area (Å²) >= 11 is 1.73. The third-order valence-electron chi connectivity index (χ3n) is 2.88. The van der Waals surface area contributed by atoms with Crippen LogP contribution in [0.5, 0.6) is 0 Å². The summed E-state index contributed by atoms with van der Waals surface area (Å²) in [6, 6.07) is 7.58. The molecule has 2 N–H and O–H groups in total. The molecule has 0 radical (unpaired) electrons. The van der Waals surface area contributed by atoms with Crippen molar-refractivity contribution in [1.82, 2.24) is 10.0 Å². The van der Waals surface area contributed by atoms with E-state index < -0.39 is 10.0 Å². The maximum atomic E-state index is 11.5. The molecule has 0 fully saturated rings. The molecule has 0 amide bonds. The highest BCUT2D eigenvalue weighted by molar-refractivity contribution is 7.89. The molecule has 2 aromatic rings. The summed E-state index contributed by atoms with van der Waals surface area (Å²) in [5.41, 5.74) is 0. The van der Waals surface area contributed by atoms with Gasteiger partial charge >= 0.3 is 0 Å². The molecule has 0 saturated heterocycles. The fourth-order valence-corrected chi connectivity index (χ4v) is 3.28. The van der Waals surface area contributed by atoms with Crippen molar-refractivity contribution < 1.29 is 12.8 Å². The Balaban J connectivity index is 1.88. The van der Waals surface area contributed by atoms with Gasteiger partial charge in [0.05, 0.1) is 6.54 Å². The van der Waals surface area contributed by atoms with Crippen LogP contribution >= 0.6 is 11.3 Å². The third kappa shape index (κ3) is 3.92. The first-order valence-electron chi connectivity index (χ1n) is 6.29. The highest BCUT2D eigenvalue weighted by Gasteiger charge is 2.16. The summed E-state index contributed by atoms with van der Waals surface area (Å²) in [7, 11) is -2.14. The summed E-state index contributed by atoms with van der Waals surface area (Å²) in [5.74, 6) is 0.608. The van der Waals surface area contributed by atoms with Gasteiger partial charge in [-0.1, -0.05) is 6.07 Å². The smallest absolute Gasteiger partial charge is 0.273 e. The van der Waals surface area contributed by atoms with Crippen molar-refractivity contribution in [3.8, 4) is 0 Å². The molecule has 5 nitrogen and oxygen atoms in total. The lowest BCUT2D eigenvalue weighted by atomic mass is 10.2. The first-order valence-corrected chi connectivity index (χ1v) is 8.65. The van der Waals surface area contributed by atoms with Crippen molar-refractivity contribution >= 4 is 21.4 Å². The van der Waals surface area contributed by atoms with E-state index >= 15 is 0 Å². The minimum absolute atomic E-state index is 0.0530. The van der Waals surface area contributed by atoms with Gasteiger partial charge in [0.25, 0.3) is 10.0 Å². The van der Waals surface area contributed by atoms with Crippen molar-refractivity contribution in [2.45, 2.75) is 31.0 Å². The van der Waals surface area contributed by atoms with Gasteiger partial charge in [0.1, 0.15) is 5.76 Å². The first kappa shape index (κ1) is 15.2. The van der Waals surface area contributed by atoms with Crippen LogP contribution in [0, 0.1) is 0 Å². The minimum Gasteiger partial charge on any atom is -0.447 e. The Morgan fingerprint density at radius 3 is 2.80 bits per heavy atom. The van der Waals surface area contributed by atoms with Crippen LogP contribution in [0.1, 0.15) is 17.6 Å². The Labute approximate surface area is 123 Å². The van der Waals surface area contributed by atoms with E-state index in [9.17, 15) is 8.42 Å². The van der Waals surface area contributed by atoms with Crippen LogP contribution in [0.25, 0.3) is 0 Å². The molecule has 0 saturated carbocycles. The van der Waals surface area contributed by atoms with Crippen molar-refractivity contribution in [2.24, 2.45) is 0 Å². The van der Waals surface area contributed by atoms with Crippen LogP contribution in [0.4, 0.5) is 0 Å². The fraction of sp³-hybridized carbons (Fsp3) is 0.385. The molecule has 7 heteroatoms. The molecule has 0 aliphatic heterocycles. The molecule has 2 aromatic heterocycles. The number of rotatable bonds is 7. The maximum Gasteiger partial charge on any atom is 0.273 e. The SMILES string of the molecule is CNS(=O)(=O)c1ccc(CNC(C)Cc2cccs2)o1. The van der Waals surface area contributed by atoms with Crippen LogP contribution < -0.4 is 10.0 Å². The van der Waals surface area contributed by atoms with Gasteiger partial charge in [0, 0.05) is 10.9 Å². The molecular weight excluding hydrogens is 296 g/mol. The largest absolute Gasteiger partial charge is 0.447 e. The lowest BCUT2D eigenvalue weighted by Crippen LogP contribution is -2.27. The molecule has 2 rings (SSSR count). The average molecular weight is 314 g/mol. The van der Waals surface area contributed by atoms with Gasteiger partial charge in [0.2, 0.25) is 5.09 Å². The van der Waals surface area contributed by atoms with E-state index in [-0.39, 0.29) is 5.09 Å². The van der Waals surface area contributed by atoms with Gasteiger partial charge in [0.15, 0.2) is 0 Å². The average Bonchev–Trinajstić information content (AvgIpc) is 3.07. The van der Waals surface area contributed by atoms with Crippen molar-refractivity contribution in [3.63, 3.8) is 0 Å². The van der Waals surface area contributed by atoms with Crippen LogP contribution in [-0.4, -0.2) is 21.5 Å². The van der Waals surface area contributed by atoms with Crippen LogP contribution in [0.15, 0.2) is 39.2 Å². The molecule has 0 aliphatic carbocycles. The van der Waals surface area contributed by atoms with Crippen LogP contribution in [0.3, 0.4) is 0 Å². The van der Waals surface area contributed by atoms with Gasteiger partial charge in [-0.2, -0.15) is 0 Å². The standard InChI is InChI=1S/C13H18N2O3S2/c1-10(8-12-4-3-7-19-12)15-9-11-5-6-13(18-11)20(16,17)14-2/h3-7,10,14-15H,8-9H2,1-2H3. The molecule has 0 aromatic carbocycles. The highest BCUT2D eigenvalue weighted by Crippen LogP contribution is 2.14. The van der Waals surface area contributed by atoms with E-state index in [2.05, 4.69) is 28.4 Å². The first-order chi connectivity index (χ1) is 9.51. The number of hydrogen-bond acceptors (Lipinski definition) is 5. The summed E-state index contributed by atoms with van der Waals surface area (Å²) in [4.78, 5) is 1.32. The Morgan fingerprint density at radius 1 is 1.35 bits per heavy atom. The molecule has 0 spiro atoms. The molecule has 0 bridgehead atoms. The van der Waals surface area contributed by atoms with Crippen molar-refractivity contribution in [2.75, 3.05) is 7.05 Å². The van der Waals surface area contributed by atoms with E-state index in [1.54, 1.807) is 17.4 Å². The quantitative estimate of drug-likeness (QED) is 0.819. The second kappa shape index (κ2) is 6.53. The molecule has 110 valence electrons. The monoisotopic (exact) mass is 314 g/mol. The molecule has 1 unspecified atom stereocenters. The zero-order valence-electron chi connectivity index (χ0n) is 11.4. The van der Waals surface area contributed by atoms with Gasteiger partial charge in [-0.05, 0) is 44.0 Å². The van der Waals surface area contributed by atoms with E-state index in [0.29, 0.717) is 18.3 Å². The van der Waals surface area contributed by atoms with Gasteiger partial charge in [-0.15, -0.1) is 11.3 Å². The fourth-order valence-electron chi connectivity index (χ4n) is 1.78. The van der Waals surface area contributed by atoms with Crippen LogP contribution in [-0.2, 0) is 23.0 Å². The lowest BCUT2D eigenvalue weighted by molar-refractivity contribution is 0.390. The molecule has 2 heterocycles. The summed E-state index contributed by atoms with van der Waals surface area (Å²) in [6.45, 7) is 2.60. The Morgan fingerprint density at radius 2 is 2.15 bits per heavy atom. The van der Waals surface area contributed by atoms with Gasteiger partial charge in [-0.3, -0.25) is 0 Å². The number of furan rings is 1. The van der Waals surface area contributed by atoms with Crippen molar-refractivity contribution in [1.29, 1.82) is 0 Å².